The third kappa shape index (κ3) is 12.1. The summed E-state index contributed by atoms with van der Waals surface area (Å²) in [5, 5.41) is 41.9. The Morgan fingerprint density at radius 1 is 0.882 bits per heavy atom. The lowest BCUT2D eigenvalue weighted by atomic mass is 10.1. The molecule has 13 heteroatoms. The average Bonchev–Trinajstić information content (AvgIpc) is 2.71. The lowest BCUT2D eigenvalue weighted by molar-refractivity contribution is -0.913. The molecule has 0 aliphatic carbocycles. The predicted octanol–water partition coefficient (Wildman–Crippen LogP) is 0.0102. The molecule has 0 spiro atoms. The Kier molecular flexibility index (Phi) is 12.6. The smallest absolute Gasteiger partial charge is 0.359 e. The number of hydrogen-bond acceptors (Lipinski definition) is 8. The molecule has 186 valence electrons. The number of carboxylic acids is 4. The standard InChI is InChI=1S/C21H28N4O8S/c26-18(27)11-24(12-19(28)29)8-6-22-7-10-25(13-20(30)31,14-21(32)33)9-5-16-1-3-17(4-2-16)23-15-34/h1-4,22H,5-14H2,(H3-,26,27,28,29,30,31,32,33)/p+1. The SMILES string of the molecule is O=C(O)CN(CCNCC[N+](CCc1ccc(N=C=S)cc1)(CC(=O)O)CC(=O)O)CC(=O)O. The molecule has 0 bridgehead atoms. The highest BCUT2D eigenvalue weighted by molar-refractivity contribution is 7.78. The summed E-state index contributed by atoms with van der Waals surface area (Å²) in [6.07, 6.45) is 0.438. The Bertz CT molecular complexity index is 871. The van der Waals surface area contributed by atoms with Crippen molar-refractivity contribution in [1.82, 2.24) is 10.2 Å². The van der Waals surface area contributed by atoms with E-state index in [2.05, 4.69) is 27.7 Å². The van der Waals surface area contributed by atoms with Crippen molar-refractivity contribution < 1.29 is 44.1 Å². The number of quaternary nitrogens is 1. The number of nitrogens with one attached hydrogen (secondary N) is 1. The summed E-state index contributed by atoms with van der Waals surface area (Å²) in [6, 6.07) is 7.08. The molecule has 0 unspecified atom stereocenters. The predicted molar refractivity (Wildman–Crippen MR) is 124 cm³/mol. The van der Waals surface area contributed by atoms with Gasteiger partial charge >= 0.3 is 23.9 Å². The Labute approximate surface area is 201 Å². The fourth-order valence-electron chi connectivity index (χ4n) is 3.49. The summed E-state index contributed by atoms with van der Waals surface area (Å²) >= 11 is 4.57. The molecule has 0 amide bonds. The number of hydrogen-bond donors (Lipinski definition) is 5. The van der Waals surface area contributed by atoms with Crippen LogP contribution in [0.25, 0.3) is 0 Å². The van der Waals surface area contributed by atoms with E-state index in [1.807, 2.05) is 0 Å². The van der Waals surface area contributed by atoms with Crippen molar-refractivity contribution in [2.45, 2.75) is 6.42 Å². The van der Waals surface area contributed by atoms with Gasteiger partial charge in [-0.25, -0.2) is 9.59 Å². The number of isothiocyanates is 1. The van der Waals surface area contributed by atoms with E-state index in [0.29, 0.717) is 12.1 Å². The topological polar surface area (TPSA) is 177 Å². The molecule has 0 heterocycles. The summed E-state index contributed by atoms with van der Waals surface area (Å²) < 4.78 is -0.203. The highest BCUT2D eigenvalue weighted by atomic mass is 32.1. The Morgan fingerprint density at radius 2 is 1.44 bits per heavy atom. The van der Waals surface area contributed by atoms with Crippen LogP contribution < -0.4 is 5.32 Å². The molecule has 1 aromatic rings. The number of carboxylic acid groups (broad SMARTS) is 4. The molecular weight excluding hydrogens is 468 g/mol. The molecule has 1 aromatic carbocycles. The Balaban J connectivity index is 2.79. The van der Waals surface area contributed by atoms with Gasteiger partial charge in [-0.2, -0.15) is 4.99 Å². The van der Waals surface area contributed by atoms with Crippen molar-refractivity contribution in [3.05, 3.63) is 29.8 Å². The molecule has 34 heavy (non-hydrogen) atoms. The van der Waals surface area contributed by atoms with Crippen LogP contribution in [0.5, 0.6) is 0 Å². The van der Waals surface area contributed by atoms with Gasteiger partial charge in [0.15, 0.2) is 13.1 Å². The first kappa shape index (κ1) is 28.8. The van der Waals surface area contributed by atoms with Crippen molar-refractivity contribution in [2.24, 2.45) is 4.99 Å². The first-order valence-corrected chi connectivity index (χ1v) is 10.8. The second-order valence-electron chi connectivity index (χ2n) is 7.76. The molecule has 0 radical (unpaired) electrons. The maximum Gasteiger partial charge on any atom is 0.359 e. The zero-order valence-electron chi connectivity index (χ0n) is 18.6. The molecule has 0 aliphatic rings. The van der Waals surface area contributed by atoms with Gasteiger partial charge < -0.3 is 30.2 Å². The maximum absolute atomic E-state index is 11.5. The largest absolute Gasteiger partial charge is 0.480 e. The van der Waals surface area contributed by atoms with Crippen LogP contribution in [0.15, 0.2) is 29.3 Å². The van der Waals surface area contributed by atoms with Gasteiger partial charge in [0.2, 0.25) is 0 Å². The minimum atomic E-state index is -1.15. The van der Waals surface area contributed by atoms with Gasteiger partial charge in [-0.15, -0.1) is 0 Å². The molecule has 5 N–H and O–H groups in total. The van der Waals surface area contributed by atoms with Crippen LogP contribution in [-0.2, 0) is 25.6 Å². The number of rotatable bonds is 18. The normalized spacial score (nSPS) is 11.1. The van der Waals surface area contributed by atoms with Crippen molar-refractivity contribution in [2.75, 3.05) is 58.9 Å². The number of carbonyl (C=O) groups is 4. The monoisotopic (exact) mass is 497 g/mol. The zero-order valence-corrected chi connectivity index (χ0v) is 19.4. The van der Waals surface area contributed by atoms with Crippen LogP contribution in [-0.4, -0.2) is 118 Å². The summed E-state index contributed by atoms with van der Waals surface area (Å²) in [7, 11) is 0. The lowest BCUT2D eigenvalue weighted by Gasteiger charge is -2.36. The maximum atomic E-state index is 11.5. The minimum Gasteiger partial charge on any atom is -0.480 e. The van der Waals surface area contributed by atoms with Crippen LogP contribution in [0.3, 0.4) is 0 Å². The molecule has 12 nitrogen and oxygen atoms in total. The summed E-state index contributed by atoms with van der Waals surface area (Å²) in [5.74, 6) is -4.55. The van der Waals surface area contributed by atoms with Gasteiger partial charge in [0.25, 0.3) is 0 Å². The molecular formula is C21H29N4O8S+. The number of thiocarbonyl (C=S) groups is 1. The van der Waals surface area contributed by atoms with Crippen LogP contribution in [0, 0.1) is 0 Å². The highest BCUT2D eigenvalue weighted by Crippen LogP contribution is 2.15. The molecule has 0 fully saturated rings. The number of nitrogens with zero attached hydrogens (tertiary/aromatic N) is 3. The number of aliphatic imine (C=N–C) groups is 1. The first-order chi connectivity index (χ1) is 16.0. The highest BCUT2D eigenvalue weighted by Gasteiger charge is 2.33. The number of aliphatic carboxylic acids is 4. The van der Waals surface area contributed by atoms with Gasteiger partial charge in [-0.05, 0) is 29.9 Å². The van der Waals surface area contributed by atoms with Gasteiger partial charge in [0.1, 0.15) is 0 Å². The van der Waals surface area contributed by atoms with Crippen molar-refractivity contribution in [1.29, 1.82) is 0 Å². The summed E-state index contributed by atoms with van der Waals surface area (Å²) in [5.41, 5.74) is 1.51. The van der Waals surface area contributed by atoms with Gasteiger partial charge in [0.05, 0.1) is 37.0 Å². The summed E-state index contributed by atoms with van der Waals surface area (Å²) in [6.45, 7) is -0.506. The lowest BCUT2D eigenvalue weighted by Crippen LogP contribution is -2.57. The zero-order chi connectivity index (χ0) is 25.6. The second-order valence-corrected chi connectivity index (χ2v) is 7.94. The van der Waals surface area contributed by atoms with E-state index in [-0.39, 0.29) is 50.3 Å². The van der Waals surface area contributed by atoms with E-state index in [9.17, 15) is 29.4 Å². The van der Waals surface area contributed by atoms with Crippen LogP contribution in [0.4, 0.5) is 5.69 Å². The van der Waals surface area contributed by atoms with Gasteiger partial charge in [-0.1, -0.05) is 12.1 Å². The Morgan fingerprint density at radius 3 is 1.91 bits per heavy atom. The van der Waals surface area contributed by atoms with E-state index in [1.54, 1.807) is 24.3 Å². The molecule has 0 saturated heterocycles. The third-order valence-electron chi connectivity index (χ3n) is 5.01. The minimum absolute atomic E-state index is 0.146. The molecule has 0 atom stereocenters. The van der Waals surface area contributed by atoms with Crippen LogP contribution in [0.2, 0.25) is 0 Å². The number of benzene rings is 1. The summed E-state index contributed by atoms with van der Waals surface area (Å²) in [4.78, 5) is 49.9. The fraction of sp³-hybridized carbons (Fsp3) is 0.476. The van der Waals surface area contributed by atoms with E-state index in [4.69, 9.17) is 10.2 Å². The molecule has 0 aromatic heterocycles. The van der Waals surface area contributed by atoms with E-state index < -0.39 is 37.0 Å². The average molecular weight is 498 g/mol. The van der Waals surface area contributed by atoms with Crippen LogP contribution >= 0.6 is 12.2 Å². The van der Waals surface area contributed by atoms with Gasteiger partial charge in [-0.3, -0.25) is 14.5 Å². The van der Waals surface area contributed by atoms with Crippen molar-refractivity contribution in [3.8, 4) is 0 Å². The Hall–Kier alpha value is -3.22. The van der Waals surface area contributed by atoms with Crippen LogP contribution in [0.1, 0.15) is 5.56 Å². The van der Waals surface area contributed by atoms with E-state index in [1.165, 1.54) is 4.90 Å². The third-order valence-corrected chi connectivity index (χ3v) is 5.10. The molecule has 0 aliphatic heterocycles. The second kappa shape index (κ2) is 14.8. The fourth-order valence-corrected chi connectivity index (χ4v) is 3.59. The first-order valence-electron chi connectivity index (χ1n) is 10.4. The van der Waals surface area contributed by atoms with E-state index in [0.717, 1.165) is 5.56 Å². The molecule has 1 rings (SSSR count). The van der Waals surface area contributed by atoms with Gasteiger partial charge in [0, 0.05) is 26.1 Å². The van der Waals surface area contributed by atoms with E-state index >= 15 is 0 Å². The quantitative estimate of drug-likeness (QED) is 0.0799. The molecule has 0 saturated carbocycles. The van der Waals surface area contributed by atoms with Crippen molar-refractivity contribution >= 4 is 46.9 Å². The van der Waals surface area contributed by atoms with Crippen molar-refractivity contribution in [3.63, 3.8) is 0 Å².